The topological polar surface area (TPSA) is 12.0 Å². The molecule has 0 spiro atoms. The predicted octanol–water partition coefficient (Wildman–Crippen LogP) is 3.12. The third kappa shape index (κ3) is 6.41. The van der Waals surface area contributed by atoms with Crippen LogP contribution in [-0.4, -0.2) is 12.6 Å². The Morgan fingerprint density at radius 1 is 1.33 bits per heavy atom. The summed E-state index contributed by atoms with van der Waals surface area (Å²) in [5.74, 6) is 0. The Morgan fingerprint density at radius 2 is 2.08 bits per heavy atom. The smallest absolute Gasteiger partial charge is 0.0101 e. The highest BCUT2D eigenvalue weighted by atomic mass is 14.9. The van der Waals surface area contributed by atoms with Crippen LogP contribution in [0.2, 0.25) is 0 Å². The van der Waals surface area contributed by atoms with Gasteiger partial charge in [0.1, 0.15) is 0 Å². The van der Waals surface area contributed by atoms with E-state index in [0.29, 0.717) is 6.04 Å². The van der Waals surface area contributed by atoms with Gasteiger partial charge in [0.15, 0.2) is 0 Å². The van der Waals surface area contributed by atoms with Crippen LogP contribution >= 0.6 is 0 Å². The van der Waals surface area contributed by atoms with Gasteiger partial charge in [0.25, 0.3) is 0 Å². The summed E-state index contributed by atoms with van der Waals surface area (Å²) in [5.41, 5.74) is 0. The van der Waals surface area contributed by atoms with Crippen LogP contribution in [0, 0.1) is 0 Å². The van der Waals surface area contributed by atoms with Gasteiger partial charge in [-0.05, 0) is 25.8 Å². The van der Waals surface area contributed by atoms with Crippen molar-refractivity contribution in [1.82, 2.24) is 5.32 Å². The molecule has 12 heavy (non-hydrogen) atoms. The zero-order chi connectivity index (χ0) is 9.23. The van der Waals surface area contributed by atoms with Crippen LogP contribution in [0.15, 0.2) is 12.7 Å². The molecule has 0 aromatic carbocycles. The molecule has 72 valence electrons. The molecule has 0 rings (SSSR count). The van der Waals surface area contributed by atoms with E-state index in [9.17, 15) is 0 Å². The van der Waals surface area contributed by atoms with Crippen LogP contribution in [-0.2, 0) is 0 Å². The molecule has 1 atom stereocenters. The average molecular weight is 169 g/mol. The van der Waals surface area contributed by atoms with Crippen LogP contribution in [0.25, 0.3) is 0 Å². The van der Waals surface area contributed by atoms with Crippen LogP contribution in [0.1, 0.15) is 46.0 Å². The number of unbranched alkanes of at least 4 members (excludes halogenated alkanes) is 1. The fourth-order valence-corrected chi connectivity index (χ4v) is 1.34. The van der Waals surface area contributed by atoms with E-state index in [0.717, 1.165) is 13.0 Å². The molecular weight excluding hydrogens is 146 g/mol. The summed E-state index contributed by atoms with van der Waals surface area (Å²) < 4.78 is 0. The minimum atomic E-state index is 0.666. The predicted molar refractivity (Wildman–Crippen MR) is 56.4 cm³/mol. The molecule has 0 aromatic rings. The zero-order valence-corrected chi connectivity index (χ0v) is 8.60. The third-order valence-electron chi connectivity index (χ3n) is 2.05. The lowest BCUT2D eigenvalue weighted by Gasteiger charge is -2.15. The van der Waals surface area contributed by atoms with Gasteiger partial charge in [0, 0.05) is 6.04 Å². The SMILES string of the molecule is C=CCC(CCC)NCCCC. The van der Waals surface area contributed by atoms with E-state index in [1.807, 2.05) is 6.08 Å². The molecule has 0 saturated heterocycles. The van der Waals surface area contributed by atoms with E-state index in [2.05, 4.69) is 25.7 Å². The second kappa shape index (κ2) is 8.79. The maximum atomic E-state index is 3.77. The molecule has 1 unspecified atom stereocenters. The Kier molecular flexibility index (Phi) is 8.57. The molecular formula is C11H23N. The third-order valence-corrected chi connectivity index (χ3v) is 2.05. The van der Waals surface area contributed by atoms with Crippen LogP contribution in [0.5, 0.6) is 0 Å². The average Bonchev–Trinajstić information content (AvgIpc) is 2.06. The fraction of sp³-hybridized carbons (Fsp3) is 0.818. The summed E-state index contributed by atoms with van der Waals surface area (Å²) in [4.78, 5) is 0. The first-order valence-corrected chi connectivity index (χ1v) is 5.19. The number of hydrogen-bond donors (Lipinski definition) is 1. The van der Waals surface area contributed by atoms with Crippen molar-refractivity contribution in [1.29, 1.82) is 0 Å². The molecule has 1 heteroatoms. The Labute approximate surface area is 77.2 Å². The normalized spacial score (nSPS) is 12.8. The Morgan fingerprint density at radius 3 is 2.58 bits per heavy atom. The molecule has 0 bridgehead atoms. The highest BCUT2D eigenvalue weighted by molar-refractivity contribution is 4.77. The first-order valence-electron chi connectivity index (χ1n) is 5.19. The molecule has 0 fully saturated rings. The van der Waals surface area contributed by atoms with E-state index in [4.69, 9.17) is 0 Å². The standard InChI is InChI=1S/C11H23N/c1-4-7-10-12-11(8-5-2)9-6-3/h5,11-12H,2,4,6-10H2,1,3H3. The quantitative estimate of drug-likeness (QED) is 0.435. The summed E-state index contributed by atoms with van der Waals surface area (Å²) in [6, 6.07) is 0.666. The van der Waals surface area contributed by atoms with Gasteiger partial charge >= 0.3 is 0 Å². The lowest BCUT2D eigenvalue weighted by atomic mass is 10.1. The van der Waals surface area contributed by atoms with Gasteiger partial charge in [-0.1, -0.05) is 32.8 Å². The van der Waals surface area contributed by atoms with Crippen LogP contribution in [0.4, 0.5) is 0 Å². The maximum Gasteiger partial charge on any atom is 0.0101 e. The molecule has 0 amide bonds. The van der Waals surface area contributed by atoms with Gasteiger partial charge in [-0.3, -0.25) is 0 Å². The number of nitrogens with one attached hydrogen (secondary N) is 1. The maximum absolute atomic E-state index is 3.77. The van der Waals surface area contributed by atoms with E-state index < -0.39 is 0 Å². The molecule has 0 aliphatic carbocycles. The van der Waals surface area contributed by atoms with Crippen molar-refractivity contribution >= 4 is 0 Å². The molecule has 0 aromatic heterocycles. The molecule has 0 heterocycles. The second-order valence-electron chi connectivity index (χ2n) is 3.32. The second-order valence-corrected chi connectivity index (χ2v) is 3.32. The molecule has 1 N–H and O–H groups in total. The Bertz CT molecular complexity index is 99.2. The summed E-state index contributed by atoms with van der Waals surface area (Å²) in [5, 5.41) is 3.55. The monoisotopic (exact) mass is 169 g/mol. The largest absolute Gasteiger partial charge is 0.314 e. The van der Waals surface area contributed by atoms with E-state index in [-0.39, 0.29) is 0 Å². The highest BCUT2D eigenvalue weighted by Gasteiger charge is 2.02. The van der Waals surface area contributed by atoms with Gasteiger partial charge in [0.2, 0.25) is 0 Å². The van der Waals surface area contributed by atoms with E-state index >= 15 is 0 Å². The van der Waals surface area contributed by atoms with Crippen molar-refractivity contribution in [3.05, 3.63) is 12.7 Å². The van der Waals surface area contributed by atoms with Crippen molar-refractivity contribution in [2.45, 2.75) is 52.0 Å². The van der Waals surface area contributed by atoms with Gasteiger partial charge in [-0.15, -0.1) is 6.58 Å². The Hall–Kier alpha value is -0.300. The number of rotatable bonds is 8. The van der Waals surface area contributed by atoms with Crippen LogP contribution in [0.3, 0.4) is 0 Å². The Balaban J connectivity index is 3.40. The lowest BCUT2D eigenvalue weighted by Crippen LogP contribution is -2.29. The minimum absolute atomic E-state index is 0.666. The fourth-order valence-electron chi connectivity index (χ4n) is 1.34. The minimum Gasteiger partial charge on any atom is -0.314 e. The number of hydrogen-bond acceptors (Lipinski definition) is 1. The van der Waals surface area contributed by atoms with E-state index in [1.54, 1.807) is 0 Å². The summed E-state index contributed by atoms with van der Waals surface area (Å²) in [6.07, 6.45) is 8.22. The van der Waals surface area contributed by atoms with Crippen molar-refractivity contribution in [2.75, 3.05) is 6.54 Å². The molecule has 1 nitrogen and oxygen atoms in total. The summed E-state index contributed by atoms with van der Waals surface area (Å²) in [6.45, 7) is 9.39. The molecule has 0 saturated carbocycles. The van der Waals surface area contributed by atoms with Crippen molar-refractivity contribution in [3.63, 3.8) is 0 Å². The summed E-state index contributed by atoms with van der Waals surface area (Å²) in [7, 11) is 0. The summed E-state index contributed by atoms with van der Waals surface area (Å²) >= 11 is 0. The van der Waals surface area contributed by atoms with Gasteiger partial charge in [0.05, 0.1) is 0 Å². The molecule has 0 radical (unpaired) electrons. The van der Waals surface area contributed by atoms with Crippen molar-refractivity contribution in [3.8, 4) is 0 Å². The lowest BCUT2D eigenvalue weighted by molar-refractivity contribution is 0.472. The molecule has 0 aliphatic heterocycles. The van der Waals surface area contributed by atoms with Gasteiger partial charge in [-0.25, -0.2) is 0 Å². The van der Waals surface area contributed by atoms with Crippen molar-refractivity contribution in [2.24, 2.45) is 0 Å². The first kappa shape index (κ1) is 11.7. The van der Waals surface area contributed by atoms with Crippen LogP contribution < -0.4 is 5.32 Å². The molecule has 0 aliphatic rings. The highest BCUT2D eigenvalue weighted by Crippen LogP contribution is 2.02. The first-order chi connectivity index (χ1) is 5.85. The van der Waals surface area contributed by atoms with Gasteiger partial charge in [-0.2, -0.15) is 0 Å². The van der Waals surface area contributed by atoms with Crippen molar-refractivity contribution < 1.29 is 0 Å². The van der Waals surface area contributed by atoms with Gasteiger partial charge < -0.3 is 5.32 Å². The zero-order valence-electron chi connectivity index (χ0n) is 8.60. The van der Waals surface area contributed by atoms with E-state index in [1.165, 1.54) is 25.7 Å².